The van der Waals surface area contributed by atoms with Crippen LogP contribution in [0.25, 0.3) is 10.8 Å². The van der Waals surface area contributed by atoms with Crippen molar-refractivity contribution in [1.82, 2.24) is 9.88 Å². The van der Waals surface area contributed by atoms with Crippen LogP contribution in [0.4, 0.5) is 5.69 Å². The number of piperidine rings is 1. The molecule has 2 amide bonds. The summed E-state index contributed by atoms with van der Waals surface area (Å²) in [5.41, 5.74) is 1.36. The van der Waals surface area contributed by atoms with Gasteiger partial charge in [-0.3, -0.25) is 9.59 Å². The van der Waals surface area contributed by atoms with Gasteiger partial charge in [0.15, 0.2) is 0 Å². The third-order valence-corrected chi connectivity index (χ3v) is 5.39. The summed E-state index contributed by atoms with van der Waals surface area (Å²) >= 11 is 0. The molecule has 6 nitrogen and oxygen atoms in total. The molecule has 148 valence electrons. The summed E-state index contributed by atoms with van der Waals surface area (Å²) in [6, 6.07) is 17.2. The Morgan fingerprint density at radius 2 is 1.79 bits per heavy atom. The molecule has 0 aliphatic carbocycles. The van der Waals surface area contributed by atoms with Crippen molar-refractivity contribution >= 4 is 28.3 Å². The van der Waals surface area contributed by atoms with Crippen molar-refractivity contribution in [3.05, 3.63) is 66.4 Å². The molecule has 1 aromatic heterocycles. The molecule has 0 spiro atoms. The van der Waals surface area contributed by atoms with Crippen LogP contribution in [-0.4, -0.2) is 41.9 Å². The van der Waals surface area contributed by atoms with Gasteiger partial charge in [0.25, 0.3) is 5.91 Å². The van der Waals surface area contributed by atoms with Crippen LogP contribution < -0.4 is 10.1 Å². The molecule has 2 heterocycles. The smallest absolute Gasteiger partial charge is 0.254 e. The number of ether oxygens (including phenoxy) is 1. The molecule has 4 rings (SSSR count). The summed E-state index contributed by atoms with van der Waals surface area (Å²) in [6.07, 6.45) is 2.87. The summed E-state index contributed by atoms with van der Waals surface area (Å²) in [7, 11) is 1.55. The number of benzene rings is 2. The second kappa shape index (κ2) is 8.31. The minimum absolute atomic E-state index is 0.0278. The SMILES string of the molecule is COc1ccc(NC(=O)C2CCN(C(=O)c3cccc4ccccc34)CC2)cn1. The molecule has 6 heteroatoms. The number of methoxy groups -OCH3 is 1. The van der Waals surface area contributed by atoms with E-state index in [-0.39, 0.29) is 17.7 Å². The fourth-order valence-electron chi connectivity index (χ4n) is 3.75. The Bertz CT molecular complexity index is 1020. The van der Waals surface area contributed by atoms with Crippen molar-refractivity contribution in [2.24, 2.45) is 5.92 Å². The monoisotopic (exact) mass is 389 g/mol. The third-order valence-electron chi connectivity index (χ3n) is 5.39. The molecule has 0 radical (unpaired) electrons. The number of pyridine rings is 1. The number of fused-ring (bicyclic) bond motifs is 1. The van der Waals surface area contributed by atoms with Gasteiger partial charge in [0, 0.05) is 30.6 Å². The Balaban J connectivity index is 1.38. The number of hydrogen-bond acceptors (Lipinski definition) is 4. The van der Waals surface area contributed by atoms with Gasteiger partial charge in [-0.15, -0.1) is 0 Å². The first-order valence-corrected chi connectivity index (χ1v) is 9.73. The number of amides is 2. The fraction of sp³-hybridized carbons (Fsp3) is 0.261. The number of nitrogens with one attached hydrogen (secondary N) is 1. The number of nitrogens with zero attached hydrogens (tertiary/aromatic N) is 2. The molecule has 0 unspecified atom stereocenters. The van der Waals surface area contributed by atoms with E-state index in [4.69, 9.17) is 4.74 Å². The van der Waals surface area contributed by atoms with Gasteiger partial charge in [0.1, 0.15) is 0 Å². The summed E-state index contributed by atoms with van der Waals surface area (Å²) < 4.78 is 5.03. The zero-order chi connectivity index (χ0) is 20.2. The van der Waals surface area contributed by atoms with Gasteiger partial charge in [-0.05, 0) is 35.7 Å². The first kappa shape index (κ1) is 18.9. The number of rotatable bonds is 4. The summed E-state index contributed by atoms with van der Waals surface area (Å²) in [4.78, 5) is 31.6. The average molecular weight is 389 g/mol. The lowest BCUT2D eigenvalue weighted by Gasteiger charge is -2.31. The molecule has 0 atom stereocenters. The van der Waals surface area contributed by atoms with Crippen LogP contribution in [0.2, 0.25) is 0 Å². The molecule has 1 saturated heterocycles. The lowest BCUT2D eigenvalue weighted by molar-refractivity contribution is -0.121. The van der Waals surface area contributed by atoms with Crippen LogP contribution in [0.3, 0.4) is 0 Å². The minimum atomic E-state index is -0.117. The fourth-order valence-corrected chi connectivity index (χ4v) is 3.75. The van der Waals surface area contributed by atoms with E-state index >= 15 is 0 Å². The second-order valence-corrected chi connectivity index (χ2v) is 7.17. The Morgan fingerprint density at radius 3 is 2.52 bits per heavy atom. The number of aromatic nitrogens is 1. The largest absolute Gasteiger partial charge is 0.481 e. The van der Waals surface area contributed by atoms with Crippen molar-refractivity contribution < 1.29 is 14.3 Å². The van der Waals surface area contributed by atoms with Gasteiger partial charge >= 0.3 is 0 Å². The van der Waals surface area contributed by atoms with E-state index < -0.39 is 0 Å². The van der Waals surface area contributed by atoms with Gasteiger partial charge in [-0.25, -0.2) is 4.98 Å². The van der Waals surface area contributed by atoms with Gasteiger partial charge in [0.2, 0.25) is 11.8 Å². The van der Waals surface area contributed by atoms with E-state index in [1.165, 1.54) is 0 Å². The maximum Gasteiger partial charge on any atom is 0.254 e. The molecule has 0 bridgehead atoms. The van der Waals surface area contributed by atoms with Crippen molar-refractivity contribution in [3.63, 3.8) is 0 Å². The zero-order valence-corrected chi connectivity index (χ0v) is 16.3. The van der Waals surface area contributed by atoms with Gasteiger partial charge in [-0.2, -0.15) is 0 Å². The lowest BCUT2D eigenvalue weighted by atomic mass is 9.94. The standard InChI is InChI=1S/C23H23N3O3/c1-29-21-10-9-18(15-24-21)25-22(27)17-11-13-26(14-12-17)23(28)20-8-4-6-16-5-2-3-7-19(16)20/h2-10,15,17H,11-14H2,1H3,(H,25,27). The minimum Gasteiger partial charge on any atom is -0.481 e. The summed E-state index contributed by atoms with van der Waals surface area (Å²) in [6.45, 7) is 1.14. The molecular weight excluding hydrogens is 366 g/mol. The van der Waals surface area contributed by atoms with Crippen molar-refractivity contribution in [2.75, 3.05) is 25.5 Å². The van der Waals surface area contributed by atoms with Gasteiger partial charge in [-0.1, -0.05) is 36.4 Å². The van der Waals surface area contributed by atoms with Crippen LogP contribution >= 0.6 is 0 Å². The highest BCUT2D eigenvalue weighted by molar-refractivity contribution is 6.07. The number of likely N-dealkylation sites (tertiary alicyclic amines) is 1. The maximum absolute atomic E-state index is 13.0. The van der Waals surface area contributed by atoms with E-state index in [1.807, 2.05) is 47.4 Å². The second-order valence-electron chi connectivity index (χ2n) is 7.17. The predicted octanol–water partition coefficient (Wildman–Crippen LogP) is 3.73. The van der Waals surface area contributed by atoms with Crippen molar-refractivity contribution in [3.8, 4) is 5.88 Å². The molecule has 3 aromatic rings. The maximum atomic E-state index is 13.0. The number of hydrogen-bond donors (Lipinski definition) is 1. The first-order chi connectivity index (χ1) is 14.2. The van der Waals surface area contributed by atoms with Crippen LogP contribution in [0.1, 0.15) is 23.2 Å². The molecule has 0 saturated carbocycles. The van der Waals surface area contributed by atoms with E-state index in [0.717, 1.165) is 16.3 Å². The van der Waals surface area contributed by atoms with Crippen LogP contribution in [0, 0.1) is 5.92 Å². The predicted molar refractivity (Wildman–Crippen MR) is 112 cm³/mol. The number of carbonyl (C=O) groups is 2. The number of carbonyl (C=O) groups excluding carboxylic acids is 2. The Labute approximate surface area is 169 Å². The highest BCUT2D eigenvalue weighted by atomic mass is 16.5. The van der Waals surface area contributed by atoms with E-state index in [2.05, 4.69) is 10.3 Å². The Kier molecular flexibility index (Phi) is 5.42. The zero-order valence-electron chi connectivity index (χ0n) is 16.3. The van der Waals surface area contributed by atoms with Gasteiger partial charge < -0.3 is 15.0 Å². The molecule has 29 heavy (non-hydrogen) atoms. The first-order valence-electron chi connectivity index (χ1n) is 9.73. The molecular formula is C23H23N3O3. The van der Waals surface area contributed by atoms with Crippen molar-refractivity contribution in [1.29, 1.82) is 0 Å². The van der Waals surface area contributed by atoms with Gasteiger partial charge in [0.05, 0.1) is 19.0 Å². The highest BCUT2D eigenvalue weighted by Crippen LogP contribution is 2.24. The Morgan fingerprint density at radius 1 is 1.03 bits per heavy atom. The molecule has 1 aliphatic rings. The summed E-state index contributed by atoms with van der Waals surface area (Å²) in [5.74, 6) is 0.381. The van der Waals surface area contributed by atoms with E-state index in [1.54, 1.807) is 25.4 Å². The molecule has 1 N–H and O–H groups in total. The quantitative estimate of drug-likeness (QED) is 0.738. The van der Waals surface area contributed by atoms with Crippen LogP contribution in [0.5, 0.6) is 5.88 Å². The molecule has 2 aromatic carbocycles. The van der Waals surface area contributed by atoms with E-state index in [0.29, 0.717) is 37.5 Å². The Hall–Kier alpha value is -3.41. The normalized spacial score (nSPS) is 14.6. The van der Waals surface area contributed by atoms with Crippen LogP contribution in [0.15, 0.2) is 60.8 Å². The average Bonchev–Trinajstić information content (AvgIpc) is 2.79. The third kappa shape index (κ3) is 4.06. The van der Waals surface area contributed by atoms with Crippen LogP contribution in [-0.2, 0) is 4.79 Å². The highest BCUT2D eigenvalue weighted by Gasteiger charge is 2.28. The molecule has 1 fully saturated rings. The van der Waals surface area contributed by atoms with E-state index in [9.17, 15) is 9.59 Å². The lowest BCUT2D eigenvalue weighted by Crippen LogP contribution is -2.41. The van der Waals surface area contributed by atoms with Crippen molar-refractivity contribution in [2.45, 2.75) is 12.8 Å². The topological polar surface area (TPSA) is 71.5 Å². The molecule has 1 aliphatic heterocycles. The number of anilines is 1. The summed E-state index contributed by atoms with van der Waals surface area (Å²) in [5, 5.41) is 4.92.